The maximum atomic E-state index is 12.9. The summed E-state index contributed by atoms with van der Waals surface area (Å²) in [6.07, 6.45) is -3.56. The van der Waals surface area contributed by atoms with Gasteiger partial charge in [-0.25, -0.2) is 0 Å². The van der Waals surface area contributed by atoms with E-state index in [1.807, 2.05) is 13.8 Å². The number of non-ortho nitro benzene ring substituents is 1. The molecule has 1 aliphatic carbocycles. The van der Waals surface area contributed by atoms with Gasteiger partial charge in [-0.1, -0.05) is 19.9 Å². The van der Waals surface area contributed by atoms with Gasteiger partial charge in [0.15, 0.2) is 0 Å². The molecule has 0 atom stereocenters. The van der Waals surface area contributed by atoms with E-state index in [1.165, 1.54) is 12.1 Å². The van der Waals surface area contributed by atoms with Crippen LogP contribution in [0.1, 0.15) is 55.5 Å². The number of fused-ring (bicyclic) bond motifs is 1. The first-order valence-corrected chi connectivity index (χ1v) is 8.67. The van der Waals surface area contributed by atoms with Crippen molar-refractivity contribution in [1.82, 2.24) is 4.90 Å². The fraction of sp³-hybridized carbons (Fsp3) is 0.611. The molecule has 1 aromatic rings. The molecule has 1 aromatic carbocycles. The van der Waals surface area contributed by atoms with Gasteiger partial charge in [-0.3, -0.25) is 14.9 Å². The van der Waals surface area contributed by atoms with E-state index < -0.39 is 22.4 Å². The number of carbonyl (C=O) groups excluding carboxylic acids is 1. The third-order valence-corrected chi connectivity index (χ3v) is 5.60. The van der Waals surface area contributed by atoms with Crippen LogP contribution in [0.15, 0.2) is 18.2 Å². The number of nitro benzene ring substituents is 1. The summed E-state index contributed by atoms with van der Waals surface area (Å²) in [6.45, 7) is 4.29. The molecule has 5 nitrogen and oxygen atoms in total. The van der Waals surface area contributed by atoms with Gasteiger partial charge in [-0.05, 0) is 31.2 Å². The fourth-order valence-electron chi connectivity index (χ4n) is 4.16. The van der Waals surface area contributed by atoms with Crippen molar-refractivity contribution in [3.63, 3.8) is 0 Å². The van der Waals surface area contributed by atoms with Crippen molar-refractivity contribution in [2.24, 2.45) is 5.92 Å². The monoisotopic (exact) mass is 370 g/mol. The van der Waals surface area contributed by atoms with Gasteiger partial charge in [0.1, 0.15) is 0 Å². The summed E-state index contributed by atoms with van der Waals surface area (Å²) in [6, 6.07) is 4.03. The number of amides is 1. The zero-order chi connectivity index (χ0) is 19.3. The van der Waals surface area contributed by atoms with E-state index in [0.29, 0.717) is 19.4 Å². The first-order valence-electron chi connectivity index (χ1n) is 8.67. The average Bonchev–Trinajstić information content (AvgIpc) is 2.57. The number of hydrogen-bond donors (Lipinski definition) is 0. The van der Waals surface area contributed by atoms with Crippen LogP contribution in [-0.2, 0) is 5.41 Å². The maximum absolute atomic E-state index is 12.9. The van der Waals surface area contributed by atoms with E-state index in [4.69, 9.17) is 0 Å². The van der Waals surface area contributed by atoms with Gasteiger partial charge in [0.25, 0.3) is 11.6 Å². The van der Waals surface area contributed by atoms with E-state index in [0.717, 1.165) is 5.56 Å². The number of alkyl halides is 3. The molecule has 3 rings (SSSR count). The maximum Gasteiger partial charge on any atom is 0.391 e. The molecule has 26 heavy (non-hydrogen) atoms. The molecule has 2 aliphatic rings. The molecular formula is C18H21F3N2O3. The van der Waals surface area contributed by atoms with Crippen molar-refractivity contribution >= 4 is 11.6 Å². The zero-order valence-corrected chi connectivity index (χ0v) is 14.7. The second kappa shape index (κ2) is 6.25. The van der Waals surface area contributed by atoms with E-state index in [1.54, 1.807) is 11.0 Å². The Kier molecular flexibility index (Phi) is 4.48. The first-order chi connectivity index (χ1) is 12.0. The van der Waals surface area contributed by atoms with Crippen molar-refractivity contribution in [1.29, 1.82) is 0 Å². The fourth-order valence-corrected chi connectivity index (χ4v) is 4.16. The highest BCUT2D eigenvalue weighted by atomic mass is 19.4. The first kappa shape index (κ1) is 18.7. The summed E-state index contributed by atoms with van der Waals surface area (Å²) in [5.74, 6) is -1.63. The molecule has 0 radical (unpaired) electrons. The second-order valence-corrected chi connectivity index (χ2v) is 7.85. The lowest BCUT2D eigenvalue weighted by atomic mass is 9.76. The van der Waals surface area contributed by atoms with E-state index in [9.17, 15) is 28.1 Å². The number of benzene rings is 1. The minimum atomic E-state index is -4.19. The summed E-state index contributed by atoms with van der Waals surface area (Å²) in [4.78, 5) is 25.1. The standard InChI is InChI=1S/C18H21F3N2O3/c1-17(2)10-22(12-5-3-11(4-6-12)18(19,20)21)16(24)14-9-13(23(25)26)7-8-15(14)17/h7-9,11-12H,3-6,10H2,1-2H3. The lowest BCUT2D eigenvalue weighted by Gasteiger charge is -2.45. The highest BCUT2D eigenvalue weighted by molar-refractivity contribution is 5.98. The Morgan fingerprint density at radius 1 is 1.19 bits per heavy atom. The minimum Gasteiger partial charge on any atom is -0.335 e. The van der Waals surface area contributed by atoms with E-state index in [-0.39, 0.29) is 36.0 Å². The molecule has 142 valence electrons. The molecule has 1 amide bonds. The quantitative estimate of drug-likeness (QED) is 0.571. The van der Waals surface area contributed by atoms with Crippen molar-refractivity contribution in [3.05, 3.63) is 39.4 Å². The van der Waals surface area contributed by atoms with Crippen LogP contribution in [0, 0.1) is 16.0 Å². The number of halogens is 3. The molecule has 0 spiro atoms. The average molecular weight is 370 g/mol. The van der Waals surface area contributed by atoms with Crippen LogP contribution < -0.4 is 0 Å². The number of hydrogen-bond acceptors (Lipinski definition) is 3. The highest BCUT2D eigenvalue weighted by Crippen LogP contribution is 2.42. The number of nitro groups is 1. The van der Waals surface area contributed by atoms with Gasteiger partial charge < -0.3 is 4.90 Å². The minimum absolute atomic E-state index is 0.0141. The van der Waals surface area contributed by atoms with E-state index >= 15 is 0 Å². The summed E-state index contributed by atoms with van der Waals surface area (Å²) < 4.78 is 38.6. The van der Waals surface area contributed by atoms with Crippen LogP contribution in [0.2, 0.25) is 0 Å². The molecular weight excluding hydrogens is 349 g/mol. The molecule has 1 heterocycles. The summed E-state index contributed by atoms with van der Waals surface area (Å²) in [5.41, 5.74) is 0.455. The van der Waals surface area contributed by atoms with Crippen molar-refractivity contribution in [2.45, 2.75) is 57.2 Å². The van der Waals surface area contributed by atoms with E-state index in [2.05, 4.69) is 0 Å². The Morgan fingerprint density at radius 3 is 2.35 bits per heavy atom. The molecule has 0 aromatic heterocycles. The smallest absolute Gasteiger partial charge is 0.335 e. The summed E-state index contributed by atoms with van der Waals surface area (Å²) >= 11 is 0. The lowest BCUT2D eigenvalue weighted by Crippen LogP contribution is -2.52. The Balaban J connectivity index is 1.86. The lowest BCUT2D eigenvalue weighted by molar-refractivity contribution is -0.384. The van der Waals surface area contributed by atoms with Crippen molar-refractivity contribution in [2.75, 3.05) is 6.54 Å². The Hall–Kier alpha value is -2.12. The van der Waals surface area contributed by atoms with Gasteiger partial charge >= 0.3 is 6.18 Å². The van der Waals surface area contributed by atoms with Crippen molar-refractivity contribution < 1.29 is 22.9 Å². The number of carbonyl (C=O) groups is 1. The Labute approximate surface area is 149 Å². The van der Waals surface area contributed by atoms with Crippen molar-refractivity contribution in [3.8, 4) is 0 Å². The van der Waals surface area contributed by atoms with Crippen LogP contribution in [0.5, 0.6) is 0 Å². The largest absolute Gasteiger partial charge is 0.391 e. The molecule has 0 N–H and O–H groups in total. The SMILES string of the molecule is CC1(C)CN(C2CCC(C(F)(F)F)CC2)C(=O)c2cc([N+](=O)[O-])ccc21. The number of nitrogens with zero attached hydrogens (tertiary/aromatic N) is 2. The van der Waals surface area contributed by atoms with Gasteiger partial charge in [0.2, 0.25) is 0 Å². The Morgan fingerprint density at radius 2 is 1.81 bits per heavy atom. The van der Waals surface area contributed by atoms with Crippen LogP contribution >= 0.6 is 0 Å². The highest BCUT2D eigenvalue weighted by Gasteiger charge is 2.45. The molecule has 0 saturated heterocycles. The van der Waals surface area contributed by atoms with Crippen LogP contribution in [0.3, 0.4) is 0 Å². The summed E-state index contributed by atoms with van der Waals surface area (Å²) in [5, 5.41) is 11.0. The van der Waals surface area contributed by atoms with Crippen LogP contribution in [0.4, 0.5) is 18.9 Å². The molecule has 1 saturated carbocycles. The van der Waals surface area contributed by atoms with Gasteiger partial charge in [-0.15, -0.1) is 0 Å². The van der Waals surface area contributed by atoms with Gasteiger partial charge in [0, 0.05) is 30.1 Å². The zero-order valence-electron chi connectivity index (χ0n) is 14.7. The topological polar surface area (TPSA) is 63.5 Å². The van der Waals surface area contributed by atoms with Gasteiger partial charge in [0.05, 0.1) is 16.4 Å². The Bertz CT molecular complexity index is 738. The summed E-state index contributed by atoms with van der Waals surface area (Å²) in [7, 11) is 0. The second-order valence-electron chi connectivity index (χ2n) is 7.85. The van der Waals surface area contributed by atoms with Crippen LogP contribution in [0.25, 0.3) is 0 Å². The molecule has 8 heteroatoms. The molecule has 1 aliphatic heterocycles. The molecule has 1 fully saturated rings. The molecule has 0 unspecified atom stereocenters. The number of rotatable bonds is 2. The van der Waals surface area contributed by atoms with Gasteiger partial charge in [-0.2, -0.15) is 13.2 Å². The van der Waals surface area contributed by atoms with Crippen LogP contribution in [-0.4, -0.2) is 34.5 Å². The normalized spacial score (nSPS) is 25.7. The molecule has 0 bridgehead atoms. The third kappa shape index (κ3) is 3.29. The third-order valence-electron chi connectivity index (χ3n) is 5.60. The predicted molar refractivity (Wildman–Crippen MR) is 89.0 cm³/mol. The predicted octanol–water partition coefficient (Wildman–Crippen LogP) is 4.45.